The summed E-state index contributed by atoms with van der Waals surface area (Å²) in [5.41, 5.74) is 0. The first-order valence-electron chi connectivity index (χ1n) is 3.34. The van der Waals surface area contributed by atoms with Crippen molar-refractivity contribution in [3.8, 4) is 0 Å². The van der Waals surface area contributed by atoms with Gasteiger partial charge in [0, 0.05) is 7.11 Å². The summed E-state index contributed by atoms with van der Waals surface area (Å²) in [6.07, 6.45) is -2.06. The summed E-state index contributed by atoms with van der Waals surface area (Å²) in [6.45, 7) is 0.404. The predicted molar refractivity (Wildman–Crippen MR) is 36.4 cm³/mol. The molecule has 1 heterocycles. The Labute approximate surface area is 64.2 Å². The quantitative estimate of drug-likeness (QED) is 0.536. The van der Waals surface area contributed by atoms with Crippen LogP contribution in [-0.4, -0.2) is 53.6 Å². The Bertz CT molecular complexity index is 161. The molecule has 1 saturated heterocycles. The third kappa shape index (κ3) is 1.61. The molecule has 0 bridgehead atoms. The number of amides is 1. The second-order valence-corrected chi connectivity index (χ2v) is 2.53. The Hall–Kier alpha value is -0.810. The number of nitrogens with zero attached hydrogens (tertiary/aromatic N) is 1. The van der Waals surface area contributed by atoms with Crippen molar-refractivity contribution in [1.82, 2.24) is 4.90 Å². The zero-order valence-corrected chi connectivity index (χ0v) is 6.23. The fourth-order valence-electron chi connectivity index (χ4n) is 1.14. The summed E-state index contributed by atoms with van der Waals surface area (Å²) >= 11 is 0. The van der Waals surface area contributed by atoms with E-state index in [9.17, 15) is 9.90 Å². The van der Waals surface area contributed by atoms with Crippen molar-refractivity contribution in [2.75, 3.05) is 20.2 Å². The molecule has 1 amide bonds. The topological polar surface area (TPSA) is 70.0 Å². The van der Waals surface area contributed by atoms with Gasteiger partial charge in [-0.05, 0) is 0 Å². The average molecular weight is 161 g/mol. The lowest BCUT2D eigenvalue weighted by Gasteiger charge is -2.10. The van der Waals surface area contributed by atoms with Crippen molar-refractivity contribution in [2.45, 2.75) is 12.2 Å². The van der Waals surface area contributed by atoms with Crippen LogP contribution in [0, 0.1) is 0 Å². The first kappa shape index (κ1) is 8.29. The highest BCUT2D eigenvalue weighted by Gasteiger charge is 2.33. The van der Waals surface area contributed by atoms with Gasteiger partial charge in [0.25, 0.3) is 0 Å². The van der Waals surface area contributed by atoms with Crippen LogP contribution in [0.2, 0.25) is 0 Å². The number of carboxylic acid groups (broad SMARTS) is 1. The lowest BCUT2D eigenvalue weighted by Crippen LogP contribution is -2.28. The van der Waals surface area contributed by atoms with Crippen molar-refractivity contribution in [1.29, 1.82) is 0 Å². The van der Waals surface area contributed by atoms with E-state index in [4.69, 9.17) is 9.84 Å². The maximum atomic E-state index is 10.4. The number of β-amino-alcohol motifs (C(OH)–C–C–N with tert-alkyl or cyclic N) is 1. The highest BCUT2D eigenvalue weighted by Crippen LogP contribution is 2.12. The first-order valence-corrected chi connectivity index (χ1v) is 3.34. The highest BCUT2D eigenvalue weighted by atomic mass is 16.5. The molecule has 2 atom stereocenters. The third-order valence-corrected chi connectivity index (χ3v) is 1.81. The van der Waals surface area contributed by atoms with Crippen LogP contribution < -0.4 is 0 Å². The highest BCUT2D eigenvalue weighted by molar-refractivity contribution is 5.65. The van der Waals surface area contributed by atoms with Crippen LogP contribution in [0.25, 0.3) is 0 Å². The minimum absolute atomic E-state index is 0.147. The number of hydrogen-bond acceptors (Lipinski definition) is 3. The van der Waals surface area contributed by atoms with Crippen LogP contribution >= 0.6 is 0 Å². The van der Waals surface area contributed by atoms with Gasteiger partial charge in [0.05, 0.1) is 19.2 Å². The maximum Gasteiger partial charge on any atom is 0.407 e. The first-order chi connectivity index (χ1) is 5.15. The van der Waals surface area contributed by atoms with Gasteiger partial charge in [-0.1, -0.05) is 0 Å². The fourth-order valence-corrected chi connectivity index (χ4v) is 1.14. The zero-order valence-electron chi connectivity index (χ0n) is 6.23. The van der Waals surface area contributed by atoms with Crippen molar-refractivity contribution < 1.29 is 19.7 Å². The van der Waals surface area contributed by atoms with Gasteiger partial charge in [-0.2, -0.15) is 0 Å². The molecule has 2 N–H and O–H groups in total. The Balaban J connectivity index is 2.49. The number of hydrogen-bond donors (Lipinski definition) is 2. The maximum absolute atomic E-state index is 10.4. The molecule has 64 valence electrons. The summed E-state index contributed by atoms with van der Waals surface area (Å²) in [4.78, 5) is 11.5. The van der Waals surface area contributed by atoms with Crippen molar-refractivity contribution in [3.05, 3.63) is 0 Å². The van der Waals surface area contributed by atoms with Gasteiger partial charge in [0.15, 0.2) is 0 Å². The molecule has 2 unspecified atom stereocenters. The van der Waals surface area contributed by atoms with Crippen LogP contribution in [0.3, 0.4) is 0 Å². The van der Waals surface area contributed by atoms with Gasteiger partial charge in [-0.25, -0.2) is 4.79 Å². The van der Waals surface area contributed by atoms with Crippen molar-refractivity contribution >= 4 is 6.09 Å². The van der Waals surface area contributed by atoms with Crippen molar-refractivity contribution in [2.24, 2.45) is 0 Å². The molecule has 0 radical (unpaired) electrons. The fraction of sp³-hybridized carbons (Fsp3) is 0.833. The molecule has 1 fully saturated rings. The summed E-state index contributed by atoms with van der Waals surface area (Å²) in [6, 6.07) is 0. The van der Waals surface area contributed by atoms with Crippen LogP contribution in [-0.2, 0) is 4.74 Å². The molecular weight excluding hydrogens is 150 g/mol. The number of carbonyl (C=O) groups is 1. The number of aliphatic hydroxyl groups excluding tert-OH is 1. The van der Waals surface area contributed by atoms with Gasteiger partial charge in [0.1, 0.15) is 6.10 Å². The molecule has 5 nitrogen and oxygen atoms in total. The van der Waals surface area contributed by atoms with Gasteiger partial charge < -0.3 is 19.8 Å². The smallest absolute Gasteiger partial charge is 0.407 e. The largest absolute Gasteiger partial charge is 0.465 e. The lowest BCUT2D eigenvalue weighted by molar-refractivity contribution is 0.0215. The second kappa shape index (κ2) is 3.06. The molecule has 0 spiro atoms. The Morgan fingerprint density at radius 2 is 2.27 bits per heavy atom. The van der Waals surface area contributed by atoms with E-state index in [0.29, 0.717) is 0 Å². The van der Waals surface area contributed by atoms with Crippen LogP contribution in [0.15, 0.2) is 0 Å². The molecule has 0 aromatic carbocycles. The van der Waals surface area contributed by atoms with Gasteiger partial charge in [0.2, 0.25) is 0 Å². The van der Waals surface area contributed by atoms with E-state index < -0.39 is 12.2 Å². The van der Waals surface area contributed by atoms with E-state index in [0.717, 1.165) is 4.90 Å². The van der Waals surface area contributed by atoms with E-state index in [1.165, 1.54) is 7.11 Å². The van der Waals surface area contributed by atoms with Crippen molar-refractivity contribution in [3.63, 3.8) is 0 Å². The summed E-state index contributed by atoms with van der Waals surface area (Å²) in [5.74, 6) is 0. The normalized spacial score (nSPS) is 30.9. The summed E-state index contributed by atoms with van der Waals surface area (Å²) in [7, 11) is 1.46. The van der Waals surface area contributed by atoms with E-state index in [-0.39, 0.29) is 19.2 Å². The molecule has 0 aliphatic carbocycles. The molecule has 0 saturated carbocycles. The molecular formula is C6H11NO4. The molecule has 1 rings (SSSR count). The number of ether oxygens (including phenoxy) is 1. The second-order valence-electron chi connectivity index (χ2n) is 2.53. The Morgan fingerprint density at radius 1 is 1.64 bits per heavy atom. The zero-order chi connectivity index (χ0) is 8.43. The lowest BCUT2D eigenvalue weighted by atomic mass is 10.3. The number of methoxy groups -OCH3 is 1. The molecule has 5 heteroatoms. The SMILES string of the molecule is COC1CN(C(=O)O)CC1O. The molecule has 1 aliphatic rings. The molecule has 0 aromatic rings. The van der Waals surface area contributed by atoms with E-state index in [1.807, 2.05) is 0 Å². The standard InChI is InChI=1S/C6H11NO4/c1-11-5-3-7(6(9)10)2-4(5)8/h4-5,8H,2-3H2,1H3,(H,9,10). The monoisotopic (exact) mass is 161 g/mol. The average Bonchev–Trinajstić information content (AvgIpc) is 2.31. The van der Waals surface area contributed by atoms with Gasteiger partial charge in [-0.15, -0.1) is 0 Å². The minimum atomic E-state index is -1.01. The molecule has 11 heavy (non-hydrogen) atoms. The van der Waals surface area contributed by atoms with Crippen LogP contribution in [0.1, 0.15) is 0 Å². The third-order valence-electron chi connectivity index (χ3n) is 1.81. The van der Waals surface area contributed by atoms with E-state index >= 15 is 0 Å². The van der Waals surface area contributed by atoms with Crippen LogP contribution in [0.4, 0.5) is 4.79 Å². The number of aliphatic hydroxyl groups is 1. The van der Waals surface area contributed by atoms with Crippen LogP contribution in [0.5, 0.6) is 0 Å². The van der Waals surface area contributed by atoms with Gasteiger partial charge >= 0.3 is 6.09 Å². The van der Waals surface area contributed by atoms with Gasteiger partial charge in [-0.3, -0.25) is 0 Å². The Morgan fingerprint density at radius 3 is 2.55 bits per heavy atom. The summed E-state index contributed by atoms with van der Waals surface area (Å²) in [5, 5.41) is 17.7. The summed E-state index contributed by atoms with van der Waals surface area (Å²) < 4.78 is 4.85. The number of likely N-dealkylation sites (tertiary alicyclic amines) is 1. The number of rotatable bonds is 1. The minimum Gasteiger partial charge on any atom is -0.465 e. The molecule has 1 aliphatic heterocycles. The van der Waals surface area contributed by atoms with E-state index in [1.54, 1.807) is 0 Å². The van der Waals surface area contributed by atoms with E-state index in [2.05, 4.69) is 0 Å². The molecule has 0 aromatic heterocycles. The Kier molecular flexibility index (Phi) is 2.31. The predicted octanol–water partition coefficient (Wildman–Crippen LogP) is -0.644.